The lowest BCUT2D eigenvalue weighted by Gasteiger charge is -2.05. The second kappa shape index (κ2) is 5.59. The standard InChI is InChI=1S/C12H14FN3O2/c1-9(17)12-8-16(15-14-12)6-7-18-11-4-2-10(13)3-5-11/h2-5,8-9,17H,6-7H2,1H3. The highest BCUT2D eigenvalue weighted by atomic mass is 19.1. The summed E-state index contributed by atoms with van der Waals surface area (Å²) in [5.41, 5.74) is 0.525. The van der Waals surface area contributed by atoms with Crippen molar-refractivity contribution >= 4 is 0 Å². The molecule has 0 bridgehead atoms. The van der Waals surface area contributed by atoms with Crippen molar-refractivity contribution in [2.45, 2.75) is 19.6 Å². The number of aromatic nitrogens is 3. The van der Waals surface area contributed by atoms with Gasteiger partial charge in [0.2, 0.25) is 0 Å². The molecule has 1 aromatic heterocycles. The number of aliphatic hydroxyl groups excluding tert-OH is 1. The summed E-state index contributed by atoms with van der Waals surface area (Å²) < 4.78 is 19.7. The molecular formula is C12H14FN3O2. The van der Waals surface area contributed by atoms with E-state index in [1.54, 1.807) is 29.9 Å². The average molecular weight is 251 g/mol. The van der Waals surface area contributed by atoms with E-state index in [-0.39, 0.29) is 5.82 Å². The van der Waals surface area contributed by atoms with Crippen molar-refractivity contribution in [1.82, 2.24) is 15.0 Å². The van der Waals surface area contributed by atoms with Gasteiger partial charge in [-0.05, 0) is 31.2 Å². The molecule has 1 atom stereocenters. The molecule has 96 valence electrons. The van der Waals surface area contributed by atoms with Crippen LogP contribution in [0, 0.1) is 5.82 Å². The monoisotopic (exact) mass is 251 g/mol. The Labute approximate surface area is 104 Å². The normalized spacial score (nSPS) is 12.4. The van der Waals surface area contributed by atoms with Crippen LogP contribution in [0.5, 0.6) is 5.75 Å². The third-order valence-corrected chi connectivity index (χ3v) is 2.39. The fourth-order valence-corrected chi connectivity index (χ4v) is 1.40. The number of aliphatic hydroxyl groups is 1. The van der Waals surface area contributed by atoms with Gasteiger partial charge in [0.1, 0.15) is 23.9 Å². The number of nitrogens with zero attached hydrogens (tertiary/aromatic N) is 3. The zero-order chi connectivity index (χ0) is 13.0. The maximum absolute atomic E-state index is 12.7. The summed E-state index contributed by atoms with van der Waals surface area (Å²) in [6.45, 7) is 2.54. The number of halogens is 1. The summed E-state index contributed by atoms with van der Waals surface area (Å²) in [5, 5.41) is 16.9. The molecule has 0 spiro atoms. The largest absolute Gasteiger partial charge is 0.492 e. The number of rotatable bonds is 5. The fraction of sp³-hybridized carbons (Fsp3) is 0.333. The van der Waals surface area contributed by atoms with Gasteiger partial charge in [-0.25, -0.2) is 9.07 Å². The molecule has 0 aliphatic rings. The van der Waals surface area contributed by atoms with E-state index >= 15 is 0 Å². The van der Waals surface area contributed by atoms with Crippen LogP contribution in [0.2, 0.25) is 0 Å². The van der Waals surface area contributed by atoms with Crippen molar-refractivity contribution in [3.8, 4) is 5.75 Å². The van der Waals surface area contributed by atoms with E-state index in [1.807, 2.05) is 0 Å². The molecule has 0 aliphatic heterocycles. The first-order valence-corrected chi connectivity index (χ1v) is 5.61. The van der Waals surface area contributed by atoms with Gasteiger partial charge in [-0.3, -0.25) is 0 Å². The molecule has 2 aromatic rings. The number of hydrogen-bond acceptors (Lipinski definition) is 4. The van der Waals surface area contributed by atoms with Crippen LogP contribution in [0.1, 0.15) is 18.7 Å². The maximum atomic E-state index is 12.7. The summed E-state index contributed by atoms with van der Waals surface area (Å²) in [7, 11) is 0. The minimum absolute atomic E-state index is 0.291. The first-order valence-electron chi connectivity index (χ1n) is 5.61. The van der Waals surface area contributed by atoms with Crippen molar-refractivity contribution in [3.05, 3.63) is 42.0 Å². The Morgan fingerprint density at radius 1 is 1.39 bits per heavy atom. The molecule has 5 nitrogen and oxygen atoms in total. The first kappa shape index (κ1) is 12.5. The van der Waals surface area contributed by atoms with E-state index in [2.05, 4.69) is 10.3 Å². The molecule has 0 radical (unpaired) electrons. The van der Waals surface area contributed by atoms with Crippen molar-refractivity contribution < 1.29 is 14.2 Å². The van der Waals surface area contributed by atoms with Gasteiger partial charge in [-0.2, -0.15) is 0 Å². The summed E-state index contributed by atoms with van der Waals surface area (Å²) in [4.78, 5) is 0. The van der Waals surface area contributed by atoms with Crippen molar-refractivity contribution in [2.75, 3.05) is 6.61 Å². The van der Waals surface area contributed by atoms with E-state index < -0.39 is 6.10 Å². The van der Waals surface area contributed by atoms with Crippen LogP contribution in [0.4, 0.5) is 4.39 Å². The molecule has 2 rings (SSSR count). The van der Waals surface area contributed by atoms with Crippen molar-refractivity contribution in [3.63, 3.8) is 0 Å². The Kier molecular flexibility index (Phi) is 3.88. The third kappa shape index (κ3) is 3.27. The van der Waals surface area contributed by atoms with E-state index in [9.17, 15) is 9.50 Å². The maximum Gasteiger partial charge on any atom is 0.123 e. The summed E-state index contributed by atoms with van der Waals surface area (Å²) in [5.74, 6) is 0.312. The SMILES string of the molecule is CC(O)c1cn(CCOc2ccc(F)cc2)nn1. The highest BCUT2D eigenvalue weighted by molar-refractivity contribution is 5.21. The lowest BCUT2D eigenvalue weighted by Crippen LogP contribution is -2.08. The Hall–Kier alpha value is -1.95. The molecule has 18 heavy (non-hydrogen) atoms. The zero-order valence-electron chi connectivity index (χ0n) is 9.95. The van der Waals surface area contributed by atoms with E-state index in [1.165, 1.54) is 12.1 Å². The van der Waals surface area contributed by atoms with Crippen LogP contribution in [0.15, 0.2) is 30.5 Å². The van der Waals surface area contributed by atoms with E-state index in [0.29, 0.717) is 24.6 Å². The Balaban J connectivity index is 1.82. The first-order chi connectivity index (χ1) is 8.65. The molecule has 0 saturated carbocycles. The third-order valence-electron chi connectivity index (χ3n) is 2.39. The molecule has 0 aliphatic carbocycles. The molecule has 0 fully saturated rings. The highest BCUT2D eigenvalue weighted by Crippen LogP contribution is 2.11. The predicted molar refractivity (Wildman–Crippen MR) is 62.6 cm³/mol. The van der Waals surface area contributed by atoms with Crippen LogP contribution in [0.3, 0.4) is 0 Å². The van der Waals surface area contributed by atoms with Gasteiger partial charge in [0.25, 0.3) is 0 Å². The molecule has 6 heteroatoms. The summed E-state index contributed by atoms with van der Waals surface area (Å²) in [6.07, 6.45) is 1.04. The van der Waals surface area contributed by atoms with Gasteiger partial charge >= 0.3 is 0 Å². The number of ether oxygens (including phenoxy) is 1. The quantitative estimate of drug-likeness (QED) is 0.875. The molecule has 1 unspecified atom stereocenters. The number of benzene rings is 1. The van der Waals surface area contributed by atoms with E-state index in [4.69, 9.17) is 4.74 Å². The second-order valence-electron chi connectivity index (χ2n) is 3.88. The lowest BCUT2D eigenvalue weighted by molar-refractivity contribution is 0.194. The van der Waals surface area contributed by atoms with Crippen LogP contribution in [-0.4, -0.2) is 26.7 Å². The smallest absolute Gasteiger partial charge is 0.123 e. The van der Waals surface area contributed by atoms with Crippen LogP contribution in [-0.2, 0) is 6.54 Å². The minimum Gasteiger partial charge on any atom is -0.492 e. The molecule has 1 heterocycles. The van der Waals surface area contributed by atoms with Crippen LogP contribution >= 0.6 is 0 Å². The van der Waals surface area contributed by atoms with Gasteiger partial charge in [-0.1, -0.05) is 5.21 Å². The molecule has 0 amide bonds. The fourth-order valence-electron chi connectivity index (χ4n) is 1.40. The molecule has 1 N–H and O–H groups in total. The second-order valence-corrected chi connectivity index (χ2v) is 3.88. The molecule has 0 saturated heterocycles. The van der Waals surface area contributed by atoms with Gasteiger partial charge in [0, 0.05) is 0 Å². The summed E-state index contributed by atoms with van der Waals surface area (Å²) in [6, 6.07) is 5.82. The Morgan fingerprint density at radius 3 is 2.72 bits per heavy atom. The Morgan fingerprint density at radius 2 is 2.11 bits per heavy atom. The lowest BCUT2D eigenvalue weighted by atomic mass is 10.3. The average Bonchev–Trinajstić information content (AvgIpc) is 2.81. The van der Waals surface area contributed by atoms with Crippen LogP contribution < -0.4 is 4.74 Å². The van der Waals surface area contributed by atoms with Gasteiger partial charge in [0.05, 0.1) is 18.8 Å². The number of hydrogen-bond donors (Lipinski definition) is 1. The van der Waals surface area contributed by atoms with E-state index in [0.717, 1.165) is 0 Å². The van der Waals surface area contributed by atoms with Crippen molar-refractivity contribution in [1.29, 1.82) is 0 Å². The topological polar surface area (TPSA) is 60.2 Å². The summed E-state index contributed by atoms with van der Waals surface area (Å²) >= 11 is 0. The molecule has 1 aromatic carbocycles. The van der Waals surface area contributed by atoms with Gasteiger partial charge in [0.15, 0.2) is 0 Å². The highest BCUT2D eigenvalue weighted by Gasteiger charge is 2.05. The van der Waals surface area contributed by atoms with Crippen LogP contribution in [0.25, 0.3) is 0 Å². The minimum atomic E-state index is -0.628. The predicted octanol–water partition coefficient (Wildman–Crippen LogP) is 1.55. The zero-order valence-corrected chi connectivity index (χ0v) is 9.95. The molecular weight excluding hydrogens is 237 g/mol. The van der Waals surface area contributed by atoms with Gasteiger partial charge < -0.3 is 9.84 Å². The van der Waals surface area contributed by atoms with Gasteiger partial charge in [-0.15, -0.1) is 5.10 Å². The Bertz CT molecular complexity index is 496. The van der Waals surface area contributed by atoms with Crippen molar-refractivity contribution in [2.24, 2.45) is 0 Å².